The summed E-state index contributed by atoms with van der Waals surface area (Å²) >= 11 is 0. The van der Waals surface area contributed by atoms with Crippen LogP contribution in [0.5, 0.6) is 0 Å². The van der Waals surface area contributed by atoms with Gasteiger partial charge in [-0.15, -0.1) is 0 Å². The molecule has 0 radical (unpaired) electrons. The minimum Gasteiger partial charge on any atom is -0.481 e. The topological polar surface area (TPSA) is 77.8 Å². The number of nitrogens with zero attached hydrogens (tertiary/aromatic N) is 1. The normalized spacial score (nSPS) is 24.6. The van der Waals surface area contributed by atoms with Crippen molar-refractivity contribution in [2.45, 2.75) is 75.7 Å². The van der Waals surface area contributed by atoms with Gasteiger partial charge in [0, 0.05) is 24.1 Å². The first-order valence-corrected chi connectivity index (χ1v) is 9.95. The van der Waals surface area contributed by atoms with E-state index in [1.165, 1.54) is 12.1 Å². The van der Waals surface area contributed by atoms with Gasteiger partial charge < -0.3 is 15.1 Å². The minimum atomic E-state index is -4.81. The van der Waals surface area contributed by atoms with Crippen molar-refractivity contribution in [1.82, 2.24) is 4.90 Å². The average Bonchev–Trinajstić information content (AvgIpc) is 3.47. The highest BCUT2D eigenvalue weighted by Crippen LogP contribution is 2.39. The quantitative estimate of drug-likeness (QED) is 0.736. The smallest absolute Gasteiger partial charge is 0.421 e. The predicted octanol–water partition coefficient (Wildman–Crippen LogP) is 4.09. The number of benzene rings is 1. The molecule has 29 heavy (non-hydrogen) atoms. The van der Waals surface area contributed by atoms with Crippen LogP contribution in [-0.4, -0.2) is 45.2 Å². The van der Waals surface area contributed by atoms with Crippen molar-refractivity contribution in [3.05, 3.63) is 35.4 Å². The van der Waals surface area contributed by atoms with Gasteiger partial charge in [-0.05, 0) is 69.1 Å². The van der Waals surface area contributed by atoms with Gasteiger partial charge in [-0.1, -0.05) is 12.1 Å². The van der Waals surface area contributed by atoms with Crippen molar-refractivity contribution in [1.29, 1.82) is 0 Å². The van der Waals surface area contributed by atoms with E-state index < -0.39 is 17.7 Å². The van der Waals surface area contributed by atoms with Crippen molar-refractivity contribution >= 4 is 11.9 Å². The molecule has 0 spiro atoms. The van der Waals surface area contributed by atoms with Crippen LogP contribution in [0.1, 0.15) is 67.8 Å². The Morgan fingerprint density at radius 1 is 1.00 bits per heavy atom. The van der Waals surface area contributed by atoms with Gasteiger partial charge in [0.05, 0.1) is 0 Å². The second kappa shape index (κ2) is 7.97. The highest BCUT2D eigenvalue weighted by atomic mass is 19.4. The largest absolute Gasteiger partial charge is 0.481 e. The van der Waals surface area contributed by atoms with E-state index in [1.807, 2.05) is 4.90 Å². The number of aliphatic carboxylic acids is 1. The number of aliphatic hydroxyl groups is 1. The number of carbonyl (C=O) groups excluding carboxylic acids is 1. The minimum absolute atomic E-state index is 0.0259. The number of carboxylic acids is 1. The lowest BCUT2D eigenvalue weighted by atomic mass is 9.83. The number of rotatable bonds is 6. The summed E-state index contributed by atoms with van der Waals surface area (Å²) in [7, 11) is 0. The third kappa shape index (κ3) is 4.74. The van der Waals surface area contributed by atoms with Crippen LogP contribution in [0.25, 0.3) is 0 Å². The maximum atomic E-state index is 13.1. The maximum absolute atomic E-state index is 13.1. The fourth-order valence-electron chi connectivity index (χ4n) is 4.11. The summed E-state index contributed by atoms with van der Waals surface area (Å²) in [5.41, 5.74) is -2.99. The second-order valence-electron chi connectivity index (χ2n) is 8.36. The first-order valence-electron chi connectivity index (χ1n) is 9.95. The maximum Gasteiger partial charge on any atom is 0.421 e. The lowest BCUT2D eigenvalue weighted by Gasteiger charge is -2.37. The zero-order chi connectivity index (χ0) is 21.4. The number of carboxylic acid groups (broad SMARTS) is 1. The summed E-state index contributed by atoms with van der Waals surface area (Å²) in [5.74, 6) is -0.894. The lowest BCUT2D eigenvalue weighted by molar-refractivity contribution is -0.258. The average molecular weight is 413 g/mol. The third-order valence-corrected chi connectivity index (χ3v) is 6.09. The number of amides is 1. The lowest BCUT2D eigenvalue weighted by Crippen LogP contribution is -2.44. The molecule has 1 atom stereocenters. The predicted molar refractivity (Wildman–Crippen MR) is 99.3 cm³/mol. The Kier molecular flexibility index (Phi) is 5.94. The second-order valence-corrected chi connectivity index (χ2v) is 8.36. The Balaban J connectivity index is 1.71. The van der Waals surface area contributed by atoms with Crippen LogP contribution in [0.4, 0.5) is 13.2 Å². The molecule has 8 heteroatoms. The van der Waals surface area contributed by atoms with Gasteiger partial charge >= 0.3 is 12.1 Å². The summed E-state index contributed by atoms with van der Waals surface area (Å²) < 4.78 is 39.0. The first-order chi connectivity index (χ1) is 13.5. The third-order valence-electron chi connectivity index (χ3n) is 6.09. The Bertz CT molecular complexity index is 748. The summed E-state index contributed by atoms with van der Waals surface area (Å²) in [5, 5.41) is 18.7. The van der Waals surface area contributed by atoms with Crippen molar-refractivity contribution in [2.24, 2.45) is 5.92 Å². The van der Waals surface area contributed by atoms with Crippen LogP contribution in [0.2, 0.25) is 0 Å². The van der Waals surface area contributed by atoms with E-state index in [9.17, 15) is 27.9 Å². The molecule has 2 aliphatic carbocycles. The number of halogens is 3. The summed E-state index contributed by atoms with van der Waals surface area (Å²) in [6, 6.07) is 5.14. The van der Waals surface area contributed by atoms with Crippen LogP contribution < -0.4 is 0 Å². The highest BCUT2D eigenvalue weighted by Gasteiger charge is 2.51. The molecule has 1 amide bonds. The fourth-order valence-corrected chi connectivity index (χ4v) is 4.11. The zero-order valence-electron chi connectivity index (χ0n) is 16.3. The molecule has 2 N–H and O–H groups in total. The van der Waals surface area contributed by atoms with E-state index in [4.69, 9.17) is 5.11 Å². The van der Waals surface area contributed by atoms with Crippen molar-refractivity contribution in [3.8, 4) is 0 Å². The van der Waals surface area contributed by atoms with Crippen LogP contribution in [0, 0.1) is 5.92 Å². The molecular formula is C21H26F3NO4. The van der Waals surface area contributed by atoms with Gasteiger partial charge in [0.2, 0.25) is 0 Å². The molecular weight excluding hydrogens is 387 g/mol. The molecule has 0 saturated heterocycles. The molecule has 160 valence electrons. The number of hydrogen-bond acceptors (Lipinski definition) is 3. The van der Waals surface area contributed by atoms with E-state index in [1.54, 1.807) is 0 Å². The number of carbonyl (C=O) groups is 2. The standard InChI is InChI=1S/C21H26F3NO4/c1-20(29,21(22,23)24)15-6-4-14(5-7-15)19(28)25(17-10-11-17)16-8-2-13(3-9-16)12-18(26)27/h4-7,13,16-17,29H,2-3,8-12H2,1H3,(H,26,27)/t13?,16?,20-/m0/s1. The van der Waals surface area contributed by atoms with Crippen molar-refractivity contribution in [2.75, 3.05) is 0 Å². The van der Waals surface area contributed by atoms with Gasteiger partial charge in [0.25, 0.3) is 5.91 Å². The van der Waals surface area contributed by atoms with Crippen LogP contribution in [0.15, 0.2) is 24.3 Å². The molecule has 0 heterocycles. The van der Waals surface area contributed by atoms with Gasteiger partial charge in [-0.25, -0.2) is 0 Å². The Morgan fingerprint density at radius 2 is 1.48 bits per heavy atom. The molecule has 5 nitrogen and oxygen atoms in total. The molecule has 3 rings (SSSR count). The van der Waals surface area contributed by atoms with Crippen LogP contribution >= 0.6 is 0 Å². The van der Waals surface area contributed by atoms with Crippen LogP contribution in [-0.2, 0) is 10.4 Å². The van der Waals surface area contributed by atoms with E-state index in [0.717, 1.165) is 50.7 Å². The van der Waals surface area contributed by atoms with E-state index in [0.29, 0.717) is 12.5 Å². The summed E-state index contributed by atoms with van der Waals surface area (Å²) in [6.45, 7) is 0.690. The number of alkyl halides is 3. The summed E-state index contributed by atoms with van der Waals surface area (Å²) in [4.78, 5) is 25.8. The van der Waals surface area contributed by atoms with Crippen molar-refractivity contribution < 1.29 is 33.0 Å². The Labute approximate surface area is 167 Å². The SMILES string of the molecule is C[C@](O)(c1ccc(C(=O)N(C2CCC(CC(=O)O)CC2)C2CC2)cc1)C(F)(F)F. The van der Waals surface area contributed by atoms with Gasteiger partial charge in [0.15, 0.2) is 5.60 Å². The highest BCUT2D eigenvalue weighted by molar-refractivity contribution is 5.95. The molecule has 0 unspecified atom stereocenters. The van der Waals surface area contributed by atoms with Gasteiger partial charge in [-0.3, -0.25) is 9.59 Å². The van der Waals surface area contributed by atoms with Crippen molar-refractivity contribution in [3.63, 3.8) is 0 Å². The zero-order valence-corrected chi connectivity index (χ0v) is 16.3. The summed E-state index contributed by atoms with van der Waals surface area (Å²) in [6.07, 6.45) is 0.116. The first kappa shape index (κ1) is 21.6. The molecule has 2 fully saturated rings. The number of hydrogen-bond donors (Lipinski definition) is 2. The van der Waals surface area contributed by atoms with E-state index in [2.05, 4.69) is 0 Å². The Morgan fingerprint density at radius 3 is 1.90 bits per heavy atom. The molecule has 2 aliphatic rings. The fraction of sp³-hybridized carbons (Fsp3) is 0.619. The van der Waals surface area contributed by atoms with Gasteiger partial charge in [-0.2, -0.15) is 13.2 Å². The molecule has 1 aromatic carbocycles. The van der Waals surface area contributed by atoms with Gasteiger partial charge in [0.1, 0.15) is 0 Å². The molecule has 1 aromatic rings. The Hall–Kier alpha value is -2.09. The molecule has 0 aromatic heterocycles. The molecule has 0 aliphatic heterocycles. The molecule has 2 saturated carbocycles. The monoisotopic (exact) mass is 413 g/mol. The van der Waals surface area contributed by atoms with E-state index >= 15 is 0 Å². The van der Waals surface area contributed by atoms with Crippen LogP contribution in [0.3, 0.4) is 0 Å². The molecule has 0 bridgehead atoms. The van der Waals surface area contributed by atoms with E-state index in [-0.39, 0.29) is 35.9 Å².